The van der Waals surface area contributed by atoms with Gasteiger partial charge in [0.15, 0.2) is 0 Å². The number of rotatable bonds is 3. The molecule has 2 rings (SSSR count). The summed E-state index contributed by atoms with van der Waals surface area (Å²) in [6.07, 6.45) is 1.73. The average Bonchev–Trinajstić information content (AvgIpc) is 2.60. The van der Waals surface area contributed by atoms with Crippen LogP contribution in [0.2, 0.25) is 0 Å². The molecule has 1 aliphatic rings. The molecule has 0 aromatic heterocycles. The molecular formula is C13H16N2O2S. The van der Waals surface area contributed by atoms with Gasteiger partial charge < -0.3 is 0 Å². The molecule has 4 nitrogen and oxygen atoms in total. The second-order valence-electron chi connectivity index (χ2n) is 4.61. The zero-order valence-corrected chi connectivity index (χ0v) is 11.2. The van der Waals surface area contributed by atoms with Gasteiger partial charge >= 0.3 is 10.2 Å². The van der Waals surface area contributed by atoms with E-state index < -0.39 is 15.7 Å². The van der Waals surface area contributed by atoms with Crippen LogP contribution in [0.15, 0.2) is 47.4 Å². The summed E-state index contributed by atoms with van der Waals surface area (Å²) >= 11 is 0. The lowest BCUT2D eigenvalue weighted by Crippen LogP contribution is -2.50. The largest absolute Gasteiger partial charge is 0.320 e. The first-order chi connectivity index (χ1) is 8.39. The summed E-state index contributed by atoms with van der Waals surface area (Å²) in [5, 5.41) is 0. The average molecular weight is 264 g/mol. The van der Waals surface area contributed by atoms with E-state index in [9.17, 15) is 8.42 Å². The maximum atomic E-state index is 11.7. The highest BCUT2D eigenvalue weighted by Gasteiger charge is 2.45. The third-order valence-corrected chi connectivity index (χ3v) is 4.46. The Hall–Kier alpha value is -1.46. The number of hydrogen-bond donors (Lipinski definition) is 1. The lowest BCUT2D eigenvalue weighted by Gasteiger charge is -2.30. The SMILES string of the molecule is C=C[C@@H](C)[C@]1(C)NS(=O)(=O)N=C1c1ccccc1. The summed E-state index contributed by atoms with van der Waals surface area (Å²) in [6.45, 7) is 7.48. The third kappa shape index (κ3) is 2.11. The minimum atomic E-state index is -3.62. The van der Waals surface area contributed by atoms with E-state index in [1.54, 1.807) is 6.08 Å². The molecule has 96 valence electrons. The van der Waals surface area contributed by atoms with Gasteiger partial charge in [-0.25, -0.2) is 0 Å². The Labute approximate surface area is 108 Å². The van der Waals surface area contributed by atoms with Crippen molar-refractivity contribution in [1.82, 2.24) is 4.72 Å². The Kier molecular flexibility index (Phi) is 3.12. The van der Waals surface area contributed by atoms with Crippen LogP contribution in [0.3, 0.4) is 0 Å². The maximum Gasteiger partial charge on any atom is 0.320 e. The van der Waals surface area contributed by atoms with Crippen molar-refractivity contribution in [2.45, 2.75) is 19.4 Å². The first-order valence-electron chi connectivity index (χ1n) is 5.71. The van der Waals surface area contributed by atoms with Crippen LogP contribution in [0, 0.1) is 5.92 Å². The van der Waals surface area contributed by atoms with Crippen LogP contribution in [0.5, 0.6) is 0 Å². The van der Waals surface area contributed by atoms with Gasteiger partial charge in [-0.15, -0.1) is 6.58 Å². The van der Waals surface area contributed by atoms with Gasteiger partial charge in [0.05, 0.1) is 11.3 Å². The molecule has 0 saturated heterocycles. The molecule has 1 N–H and O–H groups in total. The zero-order valence-electron chi connectivity index (χ0n) is 10.4. The monoisotopic (exact) mass is 264 g/mol. The van der Waals surface area contributed by atoms with E-state index in [0.717, 1.165) is 5.56 Å². The van der Waals surface area contributed by atoms with E-state index in [4.69, 9.17) is 0 Å². The van der Waals surface area contributed by atoms with Crippen molar-refractivity contribution in [1.29, 1.82) is 0 Å². The molecule has 1 aliphatic heterocycles. The molecule has 5 heteroatoms. The van der Waals surface area contributed by atoms with Crippen LogP contribution in [0.4, 0.5) is 0 Å². The summed E-state index contributed by atoms with van der Waals surface area (Å²) in [6, 6.07) is 9.32. The van der Waals surface area contributed by atoms with Crippen molar-refractivity contribution in [3.05, 3.63) is 48.6 Å². The Balaban J connectivity index is 2.58. The van der Waals surface area contributed by atoms with Gasteiger partial charge in [-0.05, 0) is 18.4 Å². The second-order valence-corrected chi connectivity index (χ2v) is 5.95. The highest BCUT2D eigenvalue weighted by molar-refractivity contribution is 7.88. The first-order valence-corrected chi connectivity index (χ1v) is 7.15. The van der Waals surface area contributed by atoms with Gasteiger partial charge in [0.25, 0.3) is 0 Å². The van der Waals surface area contributed by atoms with Crippen molar-refractivity contribution >= 4 is 15.9 Å². The molecule has 0 radical (unpaired) electrons. The summed E-state index contributed by atoms with van der Waals surface area (Å²) in [7, 11) is -3.62. The molecule has 0 fully saturated rings. The number of benzene rings is 1. The van der Waals surface area contributed by atoms with E-state index in [0.29, 0.717) is 5.71 Å². The van der Waals surface area contributed by atoms with E-state index in [2.05, 4.69) is 15.7 Å². The molecule has 0 spiro atoms. The quantitative estimate of drug-likeness (QED) is 0.848. The van der Waals surface area contributed by atoms with Crippen molar-refractivity contribution in [3.8, 4) is 0 Å². The van der Waals surface area contributed by atoms with Crippen LogP contribution in [-0.2, 0) is 10.2 Å². The standard InChI is InChI=1S/C13H16N2O2S/c1-4-10(2)13(3)12(14-18(16,17)15-13)11-8-6-5-7-9-11/h4-10,15H,1H2,2-3H3/t10-,13+/m1/s1. The minimum absolute atomic E-state index is 0.0614. The van der Waals surface area contributed by atoms with Crippen molar-refractivity contribution < 1.29 is 8.42 Å². The molecule has 2 atom stereocenters. The van der Waals surface area contributed by atoms with E-state index in [-0.39, 0.29) is 5.92 Å². The van der Waals surface area contributed by atoms with Gasteiger partial charge in [-0.2, -0.15) is 17.5 Å². The number of nitrogens with one attached hydrogen (secondary N) is 1. The molecule has 0 unspecified atom stereocenters. The summed E-state index contributed by atoms with van der Waals surface area (Å²) in [4.78, 5) is 0. The molecular weight excluding hydrogens is 248 g/mol. The van der Waals surface area contributed by atoms with Crippen molar-refractivity contribution in [2.75, 3.05) is 0 Å². The lowest BCUT2D eigenvalue weighted by atomic mass is 9.81. The number of hydrogen-bond acceptors (Lipinski definition) is 2. The van der Waals surface area contributed by atoms with Gasteiger partial charge in [0.1, 0.15) is 0 Å². The number of nitrogens with zero attached hydrogens (tertiary/aromatic N) is 1. The van der Waals surface area contributed by atoms with Gasteiger partial charge in [-0.1, -0.05) is 43.3 Å². The fraction of sp³-hybridized carbons (Fsp3) is 0.308. The van der Waals surface area contributed by atoms with Crippen LogP contribution in [-0.4, -0.2) is 19.7 Å². The van der Waals surface area contributed by atoms with Crippen LogP contribution >= 0.6 is 0 Å². The Morgan fingerprint density at radius 1 is 1.39 bits per heavy atom. The van der Waals surface area contributed by atoms with E-state index >= 15 is 0 Å². The first kappa shape index (κ1) is 13.0. The Morgan fingerprint density at radius 2 is 2.00 bits per heavy atom. The lowest BCUT2D eigenvalue weighted by molar-refractivity contribution is 0.452. The van der Waals surface area contributed by atoms with Crippen LogP contribution in [0.25, 0.3) is 0 Å². The predicted molar refractivity (Wildman–Crippen MR) is 72.8 cm³/mol. The molecule has 1 aromatic rings. The summed E-state index contributed by atoms with van der Waals surface area (Å²) in [5.74, 6) is -0.0614. The molecule has 1 heterocycles. The van der Waals surface area contributed by atoms with Gasteiger partial charge in [0.2, 0.25) is 0 Å². The molecule has 0 saturated carbocycles. The Morgan fingerprint density at radius 3 is 2.56 bits per heavy atom. The minimum Gasteiger partial charge on any atom is -0.187 e. The van der Waals surface area contributed by atoms with E-state index in [1.165, 1.54) is 0 Å². The summed E-state index contributed by atoms with van der Waals surface area (Å²) < 4.78 is 29.9. The van der Waals surface area contributed by atoms with Gasteiger partial charge in [-0.3, -0.25) is 0 Å². The molecule has 0 aliphatic carbocycles. The fourth-order valence-corrected chi connectivity index (χ4v) is 3.45. The maximum absolute atomic E-state index is 11.7. The van der Waals surface area contributed by atoms with Crippen molar-refractivity contribution in [3.63, 3.8) is 0 Å². The predicted octanol–water partition coefficient (Wildman–Crippen LogP) is 1.90. The third-order valence-electron chi connectivity index (χ3n) is 3.36. The van der Waals surface area contributed by atoms with Gasteiger partial charge in [0, 0.05) is 0 Å². The highest BCUT2D eigenvalue weighted by atomic mass is 32.2. The van der Waals surface area contributed by atoms with Crippen LogP contribution in [0.1, 0.15) is 19.4 Å². The van der Waals surface area contributed by atoms with Crippen molar-refractivity contribution in [2.24, 2.45) is 10.3 Å². The second kappa shape index (κ2) is 4.33. The summed E-state index contributed by atoms with van der Waals surface area (Å²) in [5.41, 5.74) is 0.597. The molecule has 0 amide bonds. The zero-order chi connectivity index (χ0) is 13.4. The van der Waals surface area contributed by atoms with E-state index in [1.807, 2.05) is 44.2 Å². The molecule has 18 heavy (non-hydrogen) atoms. The molecule has 1 aromatic carbocycles. The van der Waals surface area contributed by atoms with Crippen LogP contribution < -0.4 is 4.72 Å². The topological polar surface area (TPSA) is 58.5 Å². The Bertz CT molecular complexity index is 593. The smallest absolute Gasteiger partial charge is 0.187 e. The molecule has 0 bridgehead atoms. The highest BCUT2D eigenvalue weighted by Crippen LogP contribution is 2.30. The fourth-order valence-electron chi connectivity index (χ4n) is 2.05. The normalized spacial score (nSPS) is 27.6.